The minimum absolute atomic E-state index is 0.215. The number of rotatable bonds is 3. The van der Waals surface area contributed by atoms with Crippen LogP contribution in [-0.4, -0.2) is 20.0 Å². The standard InChI is InChI=1S/C16H15Cl2N3OS3/c17-12-13(24-21-14(12)18)10-6-23-15(20-10)11-7-25(8-19-11)16(22)9-4-2-1-3-5-9/h6-9,25H,1-5H2. The summed E-state index contributed by atoms with van der Waals surface area (Å²) >= 11 is 14.8. The zero-order valence-electron chi connectivity index (χ0n) is 13.1. The Morgan fingerprint density at radius 3 is 2.76 bits per heavy atom. The molecule has 0 spiro atoms. The predicted octanol–water partition coefficient (Wildman–Crippen LogP) is 6.02. The lowest BCUT2D eigenvalue weighted by Crippen LogP contribution is -2.16. The summed E-state index contributed by atoms with van der Waals surface area (Å²) in [6.45, 7) is 0. The third kappa shape index (κ3) is 3.57. The van der Waals surface area contributed by atoms with Gasteiger partial charge in [-0.25, -0.2) is 9.98 Å². The molecule has 1 aliphatic carbocycles. The van der Waals surface area contributed by atoms with Crippen LogP contribution in [0, 0.1) is 5.92 Å². The van der Waals surface area contributed by atoms with Crippen molar-refractivity contribution in [2.24, 2.45) is 10.9 Å². The highest BCUT2D eigenvalue weighted by molar-refractivity contribution is 8.42. The maximum atomic E-state index is 12.7. The molecule has 1 unspecified atom stereocenters. The van der Waals surface area contributed by atoms with E-state index in [1.54, 1.807) is 0 Å². The molecule has 4 rings (SSSR count). The van der Waals surface area contributed by atoms with Crippen molar-refractivity contribution in [1.82, 2.24) is 9.36 Å². The van der Waals surface area contributed by atoms with Gasteiger partial charge in [-0.3, -0.25) is 4.79 Å². The Morgan fingerprint density at radius 1 is 1.24 bits per heavy atom. The molecule has 2 aromatic heterocycles. The lowest BCUT2D eigenvalue weighted by Gasteiger charge is -2.22. The molecule has 25 heavy (non-hydrogen) atoms. The zero-order valence-corrected chi connectivity index (χ0v) is 17.2. The van der Waals surface area contributed by atoms with Crippen LogP contribution in [0.3, 0.4) is 0 Å². The molecule has 2 aliphatic rings. The molecule has 0 bridgehead atoms. The lowest BCUT2D eigenvalue weighted by molar-refractivity contribution is -0.115. The van der Waals surface area contributed by atoms with Crippen LogP contribution < -0.4 is 0 Å². The molecule has 3 heterocycles. The number of carbonyl (C=O) groups excluding carboxylic acids is 1. The van der Waals surface area contributed by atoms with Crippen molar-refractivity contribution in [1.29, 1.82) is 0 Å². The van der Waals surface area contributed by atoms with Crippen molar-refractivity contribution in [3.63, 3.8) is 0 Å². The van der Waals surface area contributed by atoms with Gasteiger partial charge >= 0.3 is 0 Å². The monoisotopic (exact) mass is 431 g/mol. The number of hydrogen-bond acceptors (Lipinski definition) is 6. The molecule has 0 aromatic carbocycles. The number of nitrogens with zero attached hydrogens (tertiary/aromatic N) is 3. The van der Waals surface area contributed by atoms with Crippen LogP contribution in [0.4, 0.5) is 0 Å². The van der Waals surface area contributed by atoms with Crippen LogP contribution >= 0.6 is 57.0 Å². The quantitative estimate of drug-likeness (QED) is 0.604. The molecule has 1 atom stereocenters. The first kappa shape index (κ1) is 17.7. The van der Waals surface area contributed by atoms with E-state index < -0.39 is 10.9 Å². The third-order valence-corrected chi connectivity index (χ3v) is 8.79. The minimum atomic E-state index is -0.922. The summed E-state index contributed by atoms with van der Waals surface area (Å²) in [4.78, 5) is 22.5. The normalized spacial score (nSPS) is 22.3. The van der Waals surface area contributed by atoms with E-state index >= 15 is 0 Å². The fraction of sp³-hybridized carbons (Fsp3) is 0.375. The number of thiazole rings is 1. The molecule has 0 saturated heterocycles. The van der Waals surface area contributed by atoms with Gasteiger partial charge in [0.15, 0.2) is 10.3 Å². The van der Waals surface area contributed by atoms with E-state index in [4.69, 9.17) is 23.2 Å². The molecular weight excluding hydrogens is 417 g/mol. The average Bonchev–Trinajstić information content (AvgIpc) is 3.36. The number of thiol groups is 1. The van der Waals surface area contributed by atoms with Gasteiger partial charge in [0.2, 0.25) is 0 Å². The summed E-state index contributed by atoms with van der Waals surface area (Å²) in [5.74, 6) is 0.215. The molecule has 1 aliphatic heterocycles. The maximum Gasteiger partial charge on any atom is 0.180 e. The van der Waals surface area contributed by atoms with E-state index in [1.165, 1.54) is 42.1 Å². The van der Waals surface area contributed by atoms with Crippen LogP contribution in [0.5, 0.6) is 0 Å². The summed E-state index contributed by atoms with van der Waals surface area (Å²) in [6, 6.07) is 0. The van der Waals surface area contributed by atoms with E-state index in [-0.39, 0.29) is 5.92 Å². The Kier molecular flexibility index (Phi) is 5.29. The van der Waals surface area contributed by atoms with Gasteiger partial charge in [0.1, 0.15) is 10.7 Å². The summed E-state index contributed by atoms with van der Waals surface area (Å²) in [5, 5.41) is 5.81. The molecule has 0 N–H and O–H groups in total. The Labute approximate surface area is 166 Å². The van der Waals surface area contributed by atoms with Crippen LogP contribution in [0.25, 0.3) is 16.3 Å². The van der Waals surface area contributed by atoms with Crippen molar-refractivity contribution in [2.75, 3.05) is 0 Å². The van der Waals surface area contributed by atoms with Gasteiger partial charge in [0.25, 0.3) is 0 Å². The number of halogens is 2. The van der Waals surface area contributed by atoms with Gasteiger partial charge in [-0.2, -0.15) is 4.37 Å². The van der Waals surface area contributed by atoms with Gasteiger partial charge in [0, 0.05) is 11.3 Å². The Balaban J connectivity index is 1.52. The van der Waals surface area contributed by atoms with Gasteiger partial charge in [-0.1, -0.05) is 42.5 Å². The molecular formula is C16H15Cl2N3OS3. The summed E-state index contributed by atoms with van der Waals surface area (Å²) < 4.78 is 4.04. The fourth-order valence-corrected chi connectivity index (χ4v) is 6.84. The summed E-state index contributed by atoms with van der Waals surface area (Å²) in [5.41, 5.74) is 3.36. The molecule has 2 aromatic rings. The highest BCUT2D eigenvalue weighted by atomic mass is 35.5. The first-order valence-corrected chi connectivity index (χ1v) is 11.9. The van der Waals surface area contributed by atoms with Crippen LogP contribution in [-0.2, 0) is 4.79 Å². The molecule has 9 heteroatoms. The van der Waals surface area contributed by atoms with Crippen molar-refractivity contribution in [3.8, 4) is 10.6 Å². The second-order valence-corrected chi connectivity index (χ2v) is 10.1. The predicted molar refractivity (Wildman–Crippen MR) is 110 cm³/mol. The van der Waals surface area contributed by atoms with Gasteiger partial charge in [-0.15, -0.1) is 22.2 Å². The van der Waals surface area contributed by atoms with Crippen LogP contribution in [0.1, 0.15) is 37.1 Å². The van der Waals surface area contributed by atoms with Crippen molar-refractivity contribution in [2.45, 2.75) is 32.1 Å². The highest BCUT2D eigenvalue weighted by Gasteiger charge is 2.27. The van der Waals surface area contributed by atoms with E-state index in [2.05, 4.69) is 14.3 Å². The number of hydrogen-bond donors (Lipinski definition) is 1. The third-order valence-electron chi connectivity index (χ3n) is 4.34. The van der Waals surface area contributed by atoms with Gasteiger partial charge in [0.05, 0.1) is 21.1 Å². The largest absolute Gasteiger partial charge is 0.288 e. The van der Waals surface area contributed by atoms with E-state index in [0.717, 1.165) is 34.1 Å². The Bertz CT molecular complexity index is 868. The first-order chi connectivity index (χ1) is 12.1. The molecule has 1 fully saturated rings. The second-order valence-electron chi connectivity index (χ2n) is 5.99. The van der Waals surface area contributed by atoms with Gasteiger partial charge < -0.3 is 0 Å². The SMILES string of the molecule is O=C(C1CCCCC1)[SH]1C=NC(c2nc(-c3snc(Cl)c3Cl)cs2)=C1. The van der Waals surface area contributed by atoms with Crippen LogP contribution in [0.15, 0.2) is 15.8 Å². The Hall–Kier alpha value is -0.730. The number of aromatic nitrogens is 2. The second kappa shape index (κ2) is 7.48. The van der Waals surface area contributed by atoms with E-state index in [9.17, 15) is 4.79 Å². The fourth-order valence-electron chi connectivity index (χ4n) is 3.03. The highest BCUT2D eigenvalue weighted by Crippen LogP contribution is 2.43. The number of carbonyl (C=O) groups is 1. The van der Waals surface area contributed by atoms with Crippen molar-refractivity contribution in [3.05, 3.63) is 26.0 Å². The van der Waals surface area contributed by atoms with Gasteiger partial charge in [-0.05, 0) is 29.8 Å². The molecule has 0 amide bonds. The first-order valence-electron chi connectivity index (χ1n) is 7.98. The molecule has 4 nitrogen and oxygen atoms in total. The van der Waals surface area contributed by atoms with Crippen molar-refractivity contribution < 1.29 is 4.79 Å². The molecule has 0 radical (unpaired) electrons. The van der Waals surface area contributed by atoms with E-state index in [1.807, 2.05) is 16.3 Å². The van der Waals surface area contributed by atoms with E-state index in [0.29, 0.717) is 15.3 Å². The minimum Gasteiger partial charge on any atom is -0.288 e. The topological polar surface area (TPSA) is 55.2 Å². The van der Waals surface area contributed by atoms with Crippen molar-refractivity contribution >= 4 is 73.3 Å². The number of aliphatic imine (C=N–C) groups is 1. The average molecular weight is 432 g/mol. The molecule has 1 saturated carbocycles. The Morgan fingerprint density at radius 2 is 2.04 bits per heavy atom. The lowest BCUT2D eigenvalue weighted by atomic mass is 9.90. The molecule has 132 valence electrons. The zero-order chi connectivity index (χ0) is 17.4. The smallest absolute Gasteiger partial charge is 0.180 e. The van der Waals surface area contributed by atoms with Crippen LogP contribution in [0.2, 0.25) is 10.2 Å². The summed E-state index contributed by atoms with van der Waals surface area (Å²) in [7, 11) is -0.922. The maximum absolute atomic E-state index is 12.7. The summed E-state index contributed by atoms with van der Waals surface area (Å²) in [6.07, 6.45) is 5.65.